The second kappa shape index (κ2) is 5.68. The molecule has 0 radical (unpaired) electrons. The Balaban J connectivity index is 1.87. The van der Waals surface area contributed by atoms with Crippen molar-refractivity contribution in [3.63, 3.8) is 0 Å². The van der Waals surface area contributed by atoms with E-state index in [4.69, 9.17) is 14.2 Å². The molecule has 0 fully saturated rings. The molecule has 2 heterocycles. The van der Waals surface area contributed by atoms with Crippen molar-refractivity contribution in [2.75, 3.05) is 13.2 Å². The first-order chi connectivity index (χ1) is 9.74. The minimum Gasteiger partial charge on any atom is -0.458 e. The Hall–Kier alpha value is -2.16. The van der Waals surface area contributed by atoms with Crippen LogP contribution in [0.15, 0.2) is 6.20 Å². The van der Waals surface area contributed by atoms with Crippen LogP contribution in [0.2, 0.25) is 0 Å². The van der Waals surface area contributed by atoms with Crippen LogP contribution in [0.3, 0.4) is 0 Å². The van der Waals surface area contributed by atoms with Gasteiger partial charge < -0.3 is 24.3 Å². The van der Waals surface area contributed by atoms with Gasteiger partial charge in [0.1, 0.15) is 31.1 Å². The van der Waals surface area contributed by atoms with Crippen LogP contribution in [0.25, 0.3) is 0 Å². The van der Waals surface area contributed by atoms with Crippen molar-refractivity contribution >= 4 is 11.8 Å². The molecule has 9 nitrogen and oxygen atoms in total. The molecule has 1 atom stereocenters. The van der Waals surface area contributed by atoms with Gasteiger partial charge in [-0.25, -0.2) is 4.79 Å². The van der Waals surface area contributed by atoms with Crippen LogP contribution in [0, 0.1) is 10.1 Å². The third kappa shape index (κ3) is 4.15. The van der Waals surface area contributed by atoms with Gasteiger partial charge in [-0.05, 0) is 25.7 Å². The average Bonchev–Trinajstić information content (AvgIpc) is 2.77. The van der Waals surface area contributed by atoms with Crippen LogP contribution in [0.5, 0.6) is 6.01 Å². The van der Waals surface area contributed by atoms with Crippen molar-refractivity contribution in [1.82, 2.24) is 9.55 Å². The van der Waals surface area contributed by atoms with Gasteiger partial charge >= 0.3 is 17.8 Å². The summed E-state index contributed by atoms with van der Waals surface area (Å²) < 4.78 is 17.3. The normalized spacial score (nSPS) is 17.8. The fourth-order valence-corrected chi connectivity index (χ4v) is 1.82. The minimum atomic E-state index is -0.592. The van der Waals surface area contributed by atoms with Crippen molar-refractivity contribution in [2.24, 2.45) is 0 Å². The number of esters is 1. The molecule has 0 aliphatic carbocycles. The average molecular weight is 299 g/mol. The Morgan fingerprint density at radius 3 is 2.95 bits per heavy atom. The number of hydrogen-bond donors (Lipinski definition) is 0. The third-order valence-electron chi connectivity index (χ3n) is 2.57. The Bertz CT molecular complexity index is 548. The monoisotopic (exact) mass is 299 g/mol. The van der Waals surface area contributed by atoms with Gasteiger partial charge in [0.05, 0.1) is 6.54 Å². The maximum absolute atomic E-state index is 11.5. The second-order valence-corrected chi connectivity index (χ2v) is 5.62. The molecule has 21 heavy (non-hydrogen) atoms. The Morgan fingerprint density at radius 2 is 2.33 bits per heavy atom. The maximum Gasteiger partial charge on any atom is 0.414 e. The molecule has 0 saturated heterocycles. The van der Waals surface area contributed by atoms with Crippen molar-refractivity contribution in [1.29, 1.82) is 0 Å². The molecule has 0 unspecified atom stereocenters. The summed E-state index contributed by atoms with van der Waals surface area (Å²) in [5.74, 6) is -0.747. The van der Waals surface area contributed by atoms with Gasteiger partial charge in [-0.1, -0.05) is 0 Å². The number of nitrogens with zero attached hydrogens (tertiary/aromatic N) is 3. The highest BCUT2D eigenvalue weighted by atomic mass is 16.6. The first-order valence-electron chi connectivity index (χ1n) is 6.42. The number of imidazole rings is 1. The summed E-state index contributed by atoms with van der Waals surface area (Å²) in [6.45, 7) is 5.62. The molecule has 0 aromatic carbocycles. The van der Waals surface area contributed by atoms with Crippen molar-refractivity contribution < 1.29 is 23.9 Å². The maximum atomic E-state index is 11.5. The Kier molecular flexibility index (Phi) is 4.12. The third-order valence-corrected chi connectivity index (χ3v) is 2.57. The quantitative estimate of drug-likeness (QED) is 0.462. The lowest BCUT2D eigenvalue weighted by Crippen LogP contribution is -2.35. The molecule has 0 spiro atoms. The number of ether oxygens (including phenoxy) is 3. The van der Waals surface area contributed by atoms with E-state index in [0.29, 0.717) is 6.54 Å². The Labute approximate surface area is 121 Å². The van der Waals surface area contributed by atoms with E-state index in [1.54, 1.807) is 20.8 Å². The molecule has 0 saturated carbocycles. The lowest BCUT2D eigenvalue weighted by atomic mass is 10.2. The molecule has 1 aromatic heterocycles. The summed E-state index contributed by atoms with van der Waals surface area (Å²) in [7, 11) is 0. The molecule has 1 aliphatic heterocycles. The van der Waals surface area contributed by atoms with Crippen LogP contribution in [-0.4, -0.2) is 45.4 Å². The summed E-state index contributed by atoms with van der Waals surface area (Å²) in [4.78, 5) is 25.3. The summed E-state index contributed by atoms with van der Waals surface area (Å²) in [5, 5.41) is 10.6. The zero-order valence-corrected chi connectivity index (χ0v) is 12.1. The number of rotatable bonds is 4. The molecule has 0 amide bonds. The number of aromatic nitrogens is 2. The van der Waals surface area contributed by atoms with Crippen molar-refractivity contribution in [2.45, 2.75) is 39.0 Å². The van der Waals surface area contributed by atoms with Gasteiger partial charge in [-0.2, -0.15) is 0 Å². The van der Waals surface area contributed by atoms with Gasteiger partial charge in [0.25, 0.3) is 0 Å². The number of fused-ring (bicyclic) bond motifs is 1. The van der Waals surface area contributed by atoms with Crippen LogP contribution < -0.4 is 4.74 Å². The topological polar surface area (TPSA) is 106 Å². The molecule has 116 valence electrons. The van der Waals surface area contributed by atoms with E-state index in [2.05, 4.69) is 4.98 Å². The molecule has 0 N–H and O–H groups in total. The summed E-state index contributed by atoms with van der Waals surface area (Å²) in [5.41, 5.74) is -0.568. The summed E-state index contributed by atoms with van der Waals surface area (Å²) >= 11 is 0. The fraction of sp³-hybridized carbons (Fsp3) is 0.667. The lowest BCUT2D eigenvalue weighted by Gasteiger charge is -2.23. The standard InChI is InChI=1S/C12H17N3O6/c1-12(2,3)21-10(16)7-19-8-4-14-5-9(15(17)18)13-11(14)20-6-8/h5,8H,4,6-7H2,1-3H3/t8-/m0/s1. The summed E-state index contributed by atoms with van der Waals surface area (Å²) in [6, 6.07) is 0.179. The minimum absolute atomic E-state index is 0.178. The second-order valence-electron chi connectivity index (χ2n) is 5.62. The van der Waals surface area contributed by atoms with Crippen LogP contribution in [0.1, 0.15) is 20.8 Å². The van der Waals surface area contributed by atoms with E-state index in [9.17, 15) is 14.9 Å². The number of hydrogen-bond acceptors (Lipinski definition) is 7. The molecular weight excluding hydrogens is 282 g/mol. The van der Waals surface area contributed by atoms with Gasteiger partial charge in [0.2, 0.25) is 0 Å². The van der Waals surface area contributed by atoms with E-state index in [1.165, 1.54) is 10.8 Å². The first kappa shape index (κ1) is 15.2. The molecule has 0 bridgehead atoms. The number of carbonyl (C=O) groups is 1. The van der Waals surface area contributed by atoms with Gasteiger partial charge in [-0.3, -0.25) is 4.57 Å². The van der Waals surface area contributed by atoms with E-state index in [1.807, 2.05) is 0 Å². The predicted molar refractivity (Wildman–Crippen MR) is 70.0 cm³/mol. The Morgan fingerprint density at radius 1 is 1.62 bits per heavy atom. The van der Waals surface area contributed by atoms with Gasteiger partial charge in [0, 0.05) is 4.98 Å². The predicted octanol–water partition coefficient (Wildman–Crippen LogP) is 0.911. The summed E-state index contributed by atoms with van der Waals surface area (Å²) in [6.07, 6.45) is 0.886. The number of nitro groups is 1. The lowest BCUT2D eigenvalue weighted by molar-refractivity contribution is -0.389. The van der Waals surface area contributed by atoms with Crippen LogP contribution in [0.4, 0.5) is 5.82 Å². The smallest absolute Gasteiger partial charge is 0.414 e. The van der Waals surface area contributed by atoms with Crippen LogP contribution >= 0.6 is 0 Å². The zero-order chi connectivity index (χ0) is 15.6. The van der Waals surface area contributed by atoms with E-state index in [-0.39, 0.29) is 31.1 Å². The number of carbonyl (C=O) groups excluding carboxylic acids is 1. The molecular formula is C12H17N3O6. The zero-order valence-electron chi connectivity index (χ0n) is 12.1. The van der Waals surface area contributed by atoms with Gasteiger partial charge in [-0.15, -0.1) is 0 Å². The van der Waals surface area contributed by atoms with Crippen molar-refractivity contribution in [3.8, 4) is 6.01 Å². The highest BCUT2D eigenvalue weighted by Gasteiger charge is 2.29. The highest BCUT2D eigenvalue weighted by molar-refractivity contribution is 5.71. The fourth-order valence-electron chi connectivity index (χ4n) is 1.82. The van der Waals surface area contributed by atoms with E-state index in [0.717, 1.165) is 0 Å². The largest absolute Gasteiger partial charge is 0.458 e. The van der Waals surface area contributed by atoms with Crippen LogP contribution in [-0.2, 0) is 20.8 Å². The molecule has 2 rings (SSSR count). The van der Waals surface area contributed by atoms with Crippen molar-refractivity contribution in [3.05, 3.63) is 16.3 Å². The van der Waals surface area contributed by atoms with E-state index >= 15 is 0 Å². The molecule has 1 aliphatic rings. The highest BCUT2D eigenvalue weighted by Crippen LogP contribution is 2.22. The molecule has 9 heteroatoms. The van der Waals surface area contributed by atoms with Gasteiger partial charge in [0.15, 0.2) is 0 Å². The SMILES string of the molecule is CC(C)(C)OC(=O)CO[C@@H]1COc2nc([N+](=O)[O-])cn2C1. The molecule has 1 aromatic rings. The first-order valence-corrected chi connectivity index (χ1v) is 6.42. The van der Waals surface area contributed by atoms with E-state index < -0.39 is 16.5 Å².